The molecule has 0 amide bonds. The zero-order valence-corrected chi connectivity index (χ0v) is 11.7. The van der Waals surface area contributed by atoms with Crippen LogP contribution in [0.3, 0.4) is 0 Å². The average molecular weight is 289 g/mol. The highest BCUT2D eigenvalue weighted by molar-refractivity contribution is 7.89. The molecule has 0 bridgehead atoms. The van der Waals surface area contributed by atoms with E-state index in [1.807, 2.05) is 0 Å². The van der Waals surface area contributed by atoms with Gasteiger partial charge in [-0.3, -0.25) is 4.79 Å². The van der Waals surface area contributed by atoms with Gasteiger partial charge in [-0.2, -0.15) is 4.31 Å². The number of hydrogen-bond acceptors (Lipinski definition) is 3. The van der Waals surface area contributed by atoms with Gasteiger partial charge in [-0.1, -0.05) is 6.92 Å². The Balaban J connectivity index is 3.31. The summed E-state index contributed by atoms with van der Waals surface area (Å²) in [5.41, 5.74) is -1.58. The SMILES string of the molecule is CCN(C(C)(C)C(=O)O)S(=O)(=O)c1ccc(F)cc1. The molecule has 1 N–H and O–H groups in total. The third kappa shape index (κ3) is 2.93. The minimum Gasteiger partial charge on any atom is -0.480 e. The number of carbonyl (C=O) groups is 1. The van der Waals surface area contributed by atoms with E-state index in [9.17, 15) is 17.6 Å². The van der Waals surface area contributed by atoms with Crippen LogP contribution in [-0.4, -0.2) is 35.9 Å². The largest absolute Gasteiger partial charge is 0.480 e. The summed E-state index contributed by atoms with van der Waals surface area (Å²) in [5.74, 6) is -1.81. The Morgan fingerprint density at radius 1 is 1.32 bits per heavy atom. The Kier molecular flexibility index (Phi) is 4.32. The fourth-order valence-electron chi connectivity index (χ4n) is 1.71. The summed E-state index contributed by atoms with van der Waals surface area (Å²) >= 11 is 0. The van der Waals surface area contributed by atoms with E-state index in [2.05, 4.69) is 0 Å². The number of halogens is 1. The summed E-state index contributed by atoms with van der Waals surface area (Å²) in [7, 11) is -3.98. The molecule has 106 valence electrons. The molecular weight excluding hydrogens is 273 g/mol. The Morgan fingerprint density at radius 3 is 2.16 bits per heavy atom. The monoisotopic (exact) mass is 289 g/mol. The second-order valence-electron chi connectivity index (χ2n) is 4.49. The topological polar surface area (TPSA) is 74.7 Å². The van der Waals surface area contributed by atoms with Crippen LogP contribution in [0.4, 0.5) is 4.39 Å². The predicted octanol–water partition coefficient (Wildman–Crippen LogP) is 1.70. The van der Waals surface area contributed by atoms with Crippen molar-refractivity contribution in [1.82, 2.24) is 4.31 Å². The second kappa shape index (κ2) is 5.26. The lowest BCUT2D eigenvalue weighted by Gasteiger charge is -2.32. The van der Waals surface area contributed by atoms with Gasteiger partial charge in [0.2, 0.25) is 10.0 Å². The first-order valence-electron chi connectivity index (χ1n) is 5.66. The number of rotatable bonds is 5. The maximum absolute atomic E-state index is 12.8. The van der Waals surface area contributed by atoms with Crippen LogP contribution in [0.25, 0.3) is 0 Å². The van der Waals surface area contributed by atoms with Gasteiger partial charge < -0.3 is 5.11 Å². The molecule has 1 rings (SSSR count). The summed E-state index contributed by atoms with van der Waals surface area (Å²) < 4.78 is 38.4. The Hall–Kier alpha value is -1.47. The maximum Gasteiger partial charge on any atom is 0.324 e. The third-order valence-electron chi connectivity index (χ3n) is 2.84. The van der Waals surface area contributed by atoms with Crippen LogP contribution < -0.4 is 0 Å². The van der Waals surface area contributed by atoms with E-state index >= 15 is 0 Å². The van der Waals surface area contributed by atoms with E-state index in [0.717, 1.165) is 28.6 Å². The molecule has 0 atom stereocenters. The van der Waals surface area contributed by atoms with Gasteiger partial charge in [0.1, 0.15) is 11.4 Å². The van der Waals surface area contributed by atoms with Gasteiger partial charge >= 0.3 is 5.97 Å². The quantitative estimate of drug-likeness (QED) is 0.895. The van der Waals surface area contributed by atoms with E-state index in [4.69, 9.17) is 5.11 Å². The highest BCUT2D eigenvalue weighted by atomic mass is 32.2. The van der Waals surface area contributed by atoms with Gasteiger partial charge in [-0.15, -0.1) is 0 Å². The predicted molar refractivity (Wildman–Crippen MR) is 67.7 cm³/mol. The molecule has 5 nitrogen and oxygen atoms in total. The highest BCUT2D eigenvalue weighted by Gasteiger charge is 2.41. The van der Waals surface area contributed by atoms with Crippen molar-refractivity contribution in [2.75, 3.05) is 6.54 Å². The standard InChI is InChI=1S/C12H16FNO4S/c1-4-14(12(2,3)11(15)16)19(17,18)10-7-5-9(13)6-8-10/h5-8H,4H2,1-3H3,(H,15,16). The minimum absolute atomic E-state index is 0.000982. The number of hydrogen-bond donors (Lipinski definition) is 1. The maximum atomic E-state index is 12.8. The molecular formula is C12H16FNO4S. The zero-order valence-electron chi connectivity index (χ0n) is 10.9. The van der Waals surface area contributed by atoms with Crippen molar-refractivity contribution in [3.8, 4) is 0 Å². The van der Waals surface area contributed by atoms with E-state index in [0.29, 0.717) is 0 Å². The molecule has 7 heteroatoms. The molecule has 0 heterocycles. The summed E-state index contributed by atoms with van der Waals surface area (Å²) in [6, 6.07) is 4.28. The smallest absolute Gasteiger partial charge is 0.324 e. The fraction of sp³-hybridized carbons (Fsp3) is 0.417. The number of carboxylic acids is 1. The first kappa shape index (κ1) is 15.6. The van der Waals surface area contributed by atoms with Gasteiger partial charge in [-0.05, 0) is 38.1 Å². The Morgan fingerprint density at radius 2 is 1.79 bits per heavy atom. The van der Waals surface area contributed by atoms with Crippen LogP contribution in [-0.2, 0) is 14.8 Å². The van der Waals surface area contributed by atoms with Gasteiger partial charge in [0.05, 0.1) is 4.90 Å². The third-order valence-corrected chi connectivity index (χ3v) is 5.00. The molecule has 0 unspecified atom stereocenters. The van der Waals surface area contributed by atoms with E-state index in [1.54, 1.807) is 6.92 Å². The normalized spacial score (nSPS) is 12.7. The minimum atomic E-state index is -3.98. The van der Waals surface area contributed by atoms with E-state index in [1.165, 1.54) is 13.8 Å². The van der Waals surface area contributed by atoms with Crippen molar-refractivity contribution in [3.05, 3.63) is 30.1 Å². The van der Waals surface area contributed by atoms with E-state index < -0.39 is 27.3 Å². The summed E-state index contributed by atoms with van der Waals surface area (Å²) in [5, 5.41) is 9.13. The number of nitrogens with zero attached hydrogens (tertiary/aromatic N) is 1. The lowest BCUT2D eigenvalue weighted by Crippen LogP contribution is -2.52. The number of aliphatic carboxylic acids is 1. The molecule has 0 spiro atoms. The zero-order chi connectivity index (χ0) is 14.8. The number of benzene rings is 1. The number of likely N-dealkylation sites (N-methyl/N-ethyl adjacent to an activating group) is 1. The molecule has 0 aliphatic carbocycles. The van der Waals surface area contributed by atoms with Crippen LogP contribution in [0.15, 0.2) is 29.2 Å². The van der Waals surface area contributed by atoms with Crippen molar-refractivity contribution in [1.29, 1.82) is 0 Å². The van der Waals surface area contributed by atoms with Gasteiger partial charge in [0.25, 0.3) is 0 Å². The van der Waals surface area contributed by atoms with Crippen molar-refractivity contribution in [3.63, 3.8) is 0 Å². The number of carboxylic acid groups (broad SMARTS) is 1. The molecule has 0 saturated carbocycles. The van der Waals surface area contributed by atoms with Crippen molar-refractivity contribution < 1.29 is 22.7 Å². The molecule has 0 radical (unpaired) electrons. The van der Waals surface area contributed by atoms with Gasteiger partial charge in [-0.25, -0.2) is 12.8 Å². The van der Waals surface area contributed by atoms with Crippen LogP contribution in [0.1, 0.15) is 20.8 Å². The van der Waals surface area contributed by atoms with Crippen molar-refractivity contribution in [2.45, 2.75) is 31.2 Å². The van der Waals surface area contributed by atoms with Crippen LogP contribution in [0.5, 0.6) is 0 Å². The van der Waals surface area contributed by atoms with Gasteiger partial charge in [0.15, 0.2) is 0 Å². The van der Waals surface area contributed by atoms with Gasteiger partial charge in [0, 0.05) is 6.54 Å². The molecule has 0 aliphatic rings. The Bertz CT molecular complexity index is 566. The summed E-state index contributed by atoms with van der Waals surface area (Å²) in [4.78, 5) is 11.1. The molecule has 0 aromatic heterocycles. The first-order chi connectivity index (χ1) is 8.64. The molecule has 1 aromatic rings. The lowest BCUT2D eigenvalue weighted by molar-refractivity contribution is -0.146. The van der Waals surface area contributed by atoms with E-state index in [-0.39, 0.29) is 11.4 Å². The lowest BCUT2D eigenvalue weighted by atomic mass is 10.1. The van der Waals surface area contributed by atoms with Crippen LogP contribution in [0, 0.1) is 5.82 Å². The Labute approximate surface area is 111 Å². The highest BCUT2D eigenvalue weighted by Crippen LogP contribution is 2.24. The number of sulfonamides is 1. The molecule has 0 saturated heterocycles. The van der Waals surface area contributed by atoms with Crippen molar-refractivity contribution in [2.24, 2.45) is 0 Å². The fourth-order valence-corrected chi connectivity index (χ4v) is 3.46. The summed E-state index contributed by atoms with van der Waals surface area (Å²) in [6.45, 7) is 4.16. The van der Waals surface area contributed by atoms with Crippen molar-refractivity contribution >= 4 is 16.0 Å². The summed E-state index contributed by atoms with van der Waals surface area (Å²) in [6.07, 6.45) is 0. The molecule has 0 fully saturated rings. The second-order valence-corrected chi connectivity index (χ2v) is 6.35. The van der Waals surface area contributed by atoms with Crippen LogP contribution >= 0.6 is 0 Å². The molecule has 1 aromatic carbocycles. The molecule has 0 aliphatic heterocycles. The van der Waals surface area contributed by atoms with Crippen LogP contribution in [0.2, 0.25) is 0 Å². The first-order valence-corrected chi connectivity index (χ1v) is 7.10. The average Bonchev–Trinajstić information content (AvgIpc) is 2.29. The molecule has 19 heavy (non-hydrogen) atoms.